The lowest BCUT2D eigenvalue weighted by molar-refractivity contribution is 0.299. The van der Waals surface area contributed by atoms with Gasteiger partial charge in [0.15, 0.2) is 0 Å². The zero-order valence-corrected chi connectivity index (χ0v) is 8.75. The molecule has 0 aromatic heterocycles. The second-order valence-corrected chi connectivity index (χ2v) is 3.93. The summed E-state index contributed by atoms with van der Waals surface area (Å²) in [5, 5.41) is 4.63. The number of nitrogens with two attached hydrogens (primary N) is 1. The Bertz CT molecular complexity index is 446. The molecule has 0 aliphatic carbocycles. The number of rotatable bonds is 4. The minimum absolute atomic E-state index is 0.270. The molecule has 0 spiro atoms. The van der Waals surface area contributed by atoms with Gasteiger partial charge in [-0.3, -0.25) is 4.18 Å². The summed E-state index contributed by atoms with van der Waals surface area (Å²) in [7, 11) is -2.66. The largest absolute Gasteiger partial charge is 0.496 e. The number of methoxy groups -OCH3 is 1. The number of hydrogen-bond acceptors (Lipinski definition) is 4. The van der Waals surface area contributed by atoms with Crippen molar-refractivity contribution in [2.75, 3.05) is 7.11 Å². The van der Waals surface area contributed by atoms with Gasteiger partial charge in [-0.25, -0.2) is 9.53 Å². The highest BCUT2D eigenvalue weighted by molar-refractivity contribution is 7.84. The van der Waals surface area contributed by atoms with E-state index in [1.807, 2.05) is 0 Å². The summed E-state index contributed by atoms with van der Waals surface area (Å²) in [6.07, 6.45) is 0. The van der Waals surface area contributed by atoms with Gasteiger partial charge in [0.05, 0.1) is 13.7 Å². The fraction of sp³-hybridized carbons (Fsp3) is 0.250. The molecule has 7 heteroatoms. The highest BCUT2D eigenvalue weighted by atomic mass is 32.2. The Morgan fingerprint density at radius 1 is 1.47 bits per heavy atom. The van der Waals surface area contributed by atoms with Crippen molar-refractivity contribution in [1.29, 1.82) is 0 Å². The Kier molecular flexibility index (Phi) is 3.61. The van der Waals surface area contributed by atoms with Crippen LogP contribution >= 0.6 is 0 Å². The van der Waals surface area contributed by atoms with Crippen molar-refractivity contribution in [3.05, 3.63) is 29.6 Å². The third-order valence-electron chi connectivity index (χ3n) is 1.62. The average Bonchev–Trinajstić information content (AvgIpc) is 2.14. The quantitative estimate of drug-likeness (QED) is 0.826. The Labute approximate surface area is 86.9 Å². The van der Waals surface area contributed by atoms with Crippen LogP contribution in [0.15, 0.2) is 18.2 Å². The van der Waals surface area contributed by atoms with Crippen LogP contribution in [0.25, 0.3) is 0 Å². The van der Waals surface area contributed by atoms with Gasteiger partial charge in [0, 0.05) is 5.56 Å². The molecule has 1 aromatic carbocycles. The predicted octanol–water partition coefficient (Wildman–Crippen LogP) is 0.554. The van der Waals surface area contributed by atoms with Gasteiger partial charge in [0.2, 0.25) is 0 Å². The summed E-state index contributed by atoms with van der Waals surface area (Å²) in [6.45, 7) is -0.361. The first-order chi connectivity index (χ1) is 6.92. The van der Waals surface area contributed by atoms with Gasteiger partial charge in [-0.2, -0.15) is 8.42 Å². The first kappa shape index (κ1) is 11.9. The van der Waals surface area contributed by atoms with Gasteiger partial charge in [0.1, 0.15) is 11.6 Å². The molecular weight excluding hydrogens is 225 g/mol. The molecule has 0 saturated carbocycles. The molecule has 15 heavy (non-hydrogen) atoms. The lowest BCUT2D eigenvalue weighted by Crippen LogP contribution is -2.15. The molecule has 1 aromatic rings. The third-order valence-corrected chi connectivity index (χ3v) is 2.07. The summed E-state index contributed by atoms with van der Waals surface area (Å²) in [5.41, 5.74) is 0.270. The summed E-state index contributed by atoms with van der Waals surface area (Å²) < 4.78 is 43.0. The van der Waals surface area contributed by atoms with Crippen molar-refractivity contribution in [3.8, 4) is 5.75 Å². The molecule has 1 rings (SSSR count). The van der Waals surface area contributed by atoms with Crippen LogP contribution in [0.2, 0.25) is 0 Å². The highest BCUT2D eigenvalue weighted by Gasteiger charge is 2.08. The van der Waals surface area contributed by atoms with E-state index in [0.717, 1.165) is 6.07 Å². The first-order valence-electron chi connectivity index (χ1n) is 3.92. The molecule has 0 bridgehead atoms. The lowest BCUT2D eigenvalue weighted by atomic mass is 10.2. The standard InChI is InChI=1S/C8H10FNO4S/c1-13-8-3-2-7(9)4-6(8)5-14-15(10,11)12/h2-4H,5H2,1H3,(H2,10,11,12). The molecular formula is C8H10FNO4S. The predicted molar refractivity (Wildman–Crippen MR) is 50.8 cm³/mol. The maximum atomic E-state index is 12.8. The maximum Gasteiger partial charge on any atom is 0.333 e. The van der Waals surface area contributed by atoms with Crippen molar-refractivity contribution < 1.29 is 21.7 Å². The van der Waals surface area contributed by atoms with Gasteiger partial charge in [-0.1, -0.05) is 0 Å². The minimum Gasteiger partial charge on any atom is -0.496 e. The fourth-order valence-electron chi connectivity index (χ4n) is 1.01. The molecule has 0 amide bonds. The summed E-state index contributed by atoms with van der Waals surface area (Å²) in [5.74, 6) is -0.177. The lowest BCUT2D eigenvalue weighted by Gasteiger charge is -2.07. The molecule has 5 nitrogen and oxygen atoms in total. The van der Waals surface area contributed by atoms with Crippen molar-refractivity contribution in [3.63, 3.8) is 0 Å². The van der Waals surface area contributed by atoms with Crippen LogP contribution in [0, 0.1) is 5.82 Å². The molecule has 0 heterocycles. The zero-order valence-electron chi connectivity index (χ0n) is 7.94. The second-order valence-electron chi connectivity index (χ2n) is 2.71. The Morgan fingerprint density at radius 3 is 2.67 bits per heavy atom. The molecule has 2 N–H and O–H groups in total. The maximum absolute atomic E-state index is 12.8. The Morgan fingerprint density at radius 2 is 2.13 bits per heavy atom. The SMILES string of the molecule is COc1ccc(F)cc1COS(N)(=O)=O. The molecule has 0 radical (unpaired) electrons. The molecule has 0 saturated heterocycles. The van der Waals surface area contributed by atoms with Crippen molar-refractivity contribution in [1.82, 2.24) is 0 Å². The number of hydrogen-bond donors (Lipinski definition) is 1. The van der Waals surface area contributed by atoms with Crippen molar-refractivity contribution in [2.24, 2.45) is 5.14 Å². The third kappa shape index (κ3) is 3.82. The summed E-state index contributed by atoms with van der Waals surface area (Å²) in [4.78, 5) is 0. The van der Waals surface area contributed by atoms with Crippen molar-refractivity contribution >= 4 is 10.3 Å². The Hall–Kier alpha value is -1.18. The van der Waals surface area contributed by atoms with Crippen LogP contribution in [0.3, 0.4) is 0 Å². The smallest absolute Gasteiger partial charge is 0.333 e. The van der Waals surface area contributed by atoms with Gasteiger partial charge in [-0.15, -0.1) is 0 Å². The van der Waals surface area contributed by atoms with E-state index in [9.17, 15) is 12.8 Å². The van der Waals surface area contributed by atoms with Gasteiger partial charge in [0.25, 0.3) is 0 Å². The molecule has 0 unspecified atom stereocenters. The average molecular weight is 235 g/mol. The minimum atomic E-state index is -4.04. The van der Waals surface area contributed by atoms with E-state index in [1.165, 1.54) is 19.2 Å². The number of ether oxygens (including phenoxy) is 1. The van der Waals surface area contributed by atoms with E-state index in [4.69, 9.17) is 4.74 Å². The topological polar surface area (TPSA) is 78.6 Å². The van der Waals surface area contributed by atoms with Crippen molar-refractivity contribution in [2.45, 2.75) is 6.61 Å². The molecule has 0 aliphatic rings. The zero-order chi connectivity index (χ0) is 11.5. The number of halogens is 1. The molecule has 0 fully saturated rings. The second kappa shape index (κ2) is 4.56. The Balaban J connectivity index is 2.88. The summed E-state index contributed by atoms with van der Waals surface area (Å²) >= 11 is 0. The highest BCUT2D eigenvalue weighted by Crippen LogP contribution is 2.20. The van der Waals surface area contributed by atoms with Crippen LogP contribution in [0.1, 0.15) is 5.56 Å². The van der Waals surface area contributed by atoms with Crippen LogP contribution < -0.4 is 9.88 Å². The van der Waals surface area contributed by atoms with E-state index >= 15 is 0 Å². The van der Waals surface area contributed by atoms with E-state index < -0.39 is 16.1 Å². The van der Waals surface area contributed by atoms with Gasteiger partial charge in [-0.05, 0) is 18.2 Å². The monoisotopic (exact) mass is 235 g/mol. The van der Waals surface area contributed by atoms with Crippen LogP contribution in [0.5, 0.6) is 5.75 Å². The van der Waals surface area contributed by atoms with Crippen LogP contribution in [-0.2, 0) is 21.1 Å². The summed E-state index contributed by atoms with van der Waals surface area (Å²) in [6, 6.07) is 3.68. The van der Waals surface area contributed by atoms with Crippen LogP contribution in [0.4, 0.5) is 4.39 Å². The van der Waals surface area contributed by atoms with E-state index in [0.29, 0.717) is 5.75 Å². The number of benzene rings is 1. The van der Waals surface area contributed by atoms with E-state index in [2.05, 4.69) is 9.32 Å². The van der Waals surface area contributed by atoms with Gasteiger partial charge < -0.3 is 4.74 Å². The first-order valence-corrected chi connectivity index (χ1v) is 5.39. The molecule has 84 valence electrons. The fourth-order valence-corrected chi connectivity index (χ4v) is 1.30. The molecule has 0 aliphatic heterocycles. The normalized spacial score (nSPS) is 11.4. The van der Waals surface area contributed by atoms with E-state index in [1.54, 1.807) is 0 Å². The van der Waals surface area contributed by atoms with E-state index in [-0.39, 0.29) is 12.2 Å². The van der Waals surface area contributed by atoms with Crippen LogP contribution in [-0.4, -0.2) is 15.5 Å². The molecule has 0 atom stereocenters. The van der Waals surface area contributed by atoms with Gasteiger partial charge >= 0.3 is 10.3 Å².